The molecule has 1 rings (SSSR count). The zero-order valence-electron chi connectivity index (χ0n) is 10.7. The molecule has 1 aliphatic carbocycles. The Morgan fingerprint density at radius 2 is 1.64 bits per heavy atom. The number of allylic oxidation sites excluding steroid dienone is 4. The third kappa shape index (κ3) is 1.89. The van der Waals surface area contributed by atoms with E-state index in [1.807, 2.05) is 0 Å². The second-order valence-corrected chi connectivity index (χ2v) is 5.92. The predicted octanol–water partition coefficient (Wildman–Crippen LogP) is 4.54. The molecule has 0 fully saturated rings. The van der Waals surface area contributed by atoms with Crippen LogP contribution in [-0.4, -0.2) is 0 Å². The molecule has 0 heterocycles. The van der Waals surface area contributed by atoms with Gasteiger partial charge in [0.15, 0.2) is 0 Å². The molecule has 0 N–H and O–H groups in total. The van der Waals surface area contributed by atoms with Gasteiger partial charge in [-0.3, -0.25) is 0 Å². The first-order valence-electron chi connectivity index (χ1n) is 5.40. The van der Waals surface area contributed by atoms with Crippen LogP contribution >= 0.6 is 0 Å². The molecule has 0 aromatic rings. The van der Waals surface area contributed by atoms with Crippen molar-refractivity contribution >= 4 is 0 Å². The van der Waals surface area contributed by atoms with E-state index in [0.717, 1.165) is 0 Å². The Morgan fingerprint density at radius 3 is 1.86 bits per heavy atom. The van der Waals surface area contributed by atoms with Crippen LogP contribution in [0.3, 0.4) is 0 Å². The van der Waals surface area contributed by atoms with E-state index in [9.17, 15) is 0 Å². The van der Waals surface area contributed by atoms with Crippen LogP contribution in [-0.2, 0) is 0 Å². The monoisotopic (exact) mass is 191 g/mol. The van der Waals surface area contributed by atoms with Crippen molar-refractivity contribution in [2.24, 2.45) is 10.8 Å². The average molecular weight is 191 g/mol. The fourth-order valence-electron chi connectivity index (χ4n) is 2.08. The van der Waals surface area contributed by atoms with Crippen LogP contribution in [0.4, 0.5) is 0 Å². The highest BCUT2D eigenvalue weighted by Crippen LogP contribution is 2.46. The molecule has 0 bridgehead atoms. The van der Waals surface area contributed by atoms with Crippen LogP contribution < -0.4 is 0 Å². The highest BCUT2D eigenvalue weighted by Gasteiger charge is 2.40. The molecule has 0 aliphatic heterocycles. The van der Waals surface area contributed by atoms with Gasteiger partial charge in [-0.2, -0.15) is 0 Å². The van der Waals surface area contributed by atoms with E-state index in [4.69, 9.17) is 0 Å². The van der Waals surface area contributed by atoms with Gasteiger partial charge in [-0.05, 0) is 42.6 Å². The predicted molar refractivity (Wildman–Crippen MR) is 64.0 cm³/mol. The first kappa shape index (κ1) is 11.4. The lowest BCUT2D eigenvalue weighted by Gasteiger charge is -2.22. The summed E-state index contributed by atoms with van der Waals surface area (Å²) in [5, 5.41) is 0. The molecule has 1 unspecified atom stereocenters. The Bertz CT molecular complexity index is 284. The number of rotatable bonds is 1. The summed E-state index contributed by atoms with van der Waals surface area (Å²) in [7, 11) is 0. The van der Waals surface area contributed by atoms with E-state index < -0.39 is 0 Å². The molecule has 0 nitrogen and oxygen atoms in total. The molecule has 1 aliphatic rings. The Hall–Kier alpha value is -0.650. The fraction of sp³-hybridized carbons (Fsp3) is 0.643. The number of hydrogen-bond acceptors (Lipinski definition) is 0. The standard InChI is InChI=1S/C14H23/c1-10(2)14(7)8-11(3)12(9-14)13(4,5)6/h8-9H,1-7H3/q+1. The van der Waals surface area contributed by atoms with Crippen LogP contribution in [0.15, 0.2) is 23.3 Å². The molecule has 0 saturated heterocycles. The Morgan fingerprint density at radius 1 is 1.14 bits per heavy atom. The van der Waals surface area contributed by atoms with Crippen molar-refractivity contribution in [1.29, 1.82) is 0 Å². The van der Waals surface area contributed by atoms with Gasteiger partial charge in [-0.1, -0.05) is 20.8 Å². The first-order chi connectivity index (χ1) is 6.17. The largest absolute Gasteiger partial charge is 0.144 e. The van der Waals surface area contributed by atoms with Gasteiger partial charge in [0.05, 0.1) is 19.8 Å². The maximum Gasteiger partial charge on any atom is 0.144 e. The Labute approximate surface area is 89.1 Å². The molecule has 0 saturated carbocycles. The van der Waals surface area contributed by atoms with E-state index in [2.05, 4.69) is 60.6 Å². The van der Waals surface area contributed by atoms with Crippen molar-refractivity contribution in [1.82, 2.24) is 0 Å². The van der Waals surface area contributed by atoms with Gasteiger partial charge >= 0.3 is 0 Å². The molecule has 78 valence electrons. The second-order valence-electron chi connectivity index (χ2n) is 5.92. The van der Waals surface area contributed by atoms with Gasteiger partial charge < -0.3 is 0 Å². The average Bonchev–Trinajstić information content (AvgIpc) is 2.26. The summed E-state index contributed by atoms with van der Waals surface area (Å²) in [5.74, 6) is 1.47. The maximum absolute atomic E-state index is 2.43. The summed E-state index contributed by atoms with van der Waals surface area (Å²) in [6.45, 7) is 15.8. The minimum Gasteiger partial charge on any atom is -0.0561 e. The van der Waals surface area contributed by atoms with Gasteiger partial charge in [-0.25, -0.2) is 0 Å². The minimum atomic E-state index is 0.187. The molecule has 0 aromatic carbocycles. The molecular formula is C14H23+. The fourth-order valence-corrected chi connectivity index (χ4v) is 2.08. The van der Waals surface area contributed by atoms with Crippen molar-refractivity contribution in [2.45, 2.75) is 48.5 Å². The van der Waals surface area contributed by atoms with Gasteiger partial charge in [-0.15, -0.1) is 0 Å². The highest BCUT2D eigenvalue weighted by atomic mass is 14.4. The van der Waals surface area contributed by atoms with E-state index in [0.29, 0.717) is 0 Å². The van der Waals surface area contributed by atoms with Crippen molar-refractivity contribution in [3.63, 3.8) is 0 Å². The van der Waals surface area contributed by atoms with Crippen LogP contribution in [0, 0.1) is 16.7 Å². The third-order valence-corrected chi connectivity index (χ3v) is 3.27. The normalized spacial score (nSPS) is 27.4. The summed E-state index contributed by atoms with van der Waals surface area (Å²) in [5.41, 5.74) is 3.41. The first-order valence-corrected chi connectivity index (χ1v) is 5.40. The van der Waals surface area contributed by atoms with Crippen molar-refractivity contribution in [3.05, 3.63) is 29.2 Å². The Kier molecular flexibility index (Phi) is 2.60. The lowest BCUT2D eigenvalue weighted by atomic mass is 9.79. The summed E-state index contributed by atoms with van der Waals surface area (Å²) in [6.07, 6.45) is 4.82. The minimum absolute atomic E-state index is 0.187. The van der Waals surface area contributed by atoms with Crippen molar-refractivity contribution in [3.8, 4) is 0 Å². The third-order valence-electron chi connectivity index (χ3n) is 3.27. The Balaban J connectivity index is 3.11. The van der Waals surface area contributed by atoms with Gasteiger partial charge in [0, 0.05) is 0 Å². The van der Waals surface area contributed by atoms with E-state index in [1.54, 1.807) is 0 Å². The van der Waals surface area contributed by atoms with Crippen molar-refractivity contribution in [2.75, 3.05) is 0 Å². The molecule has 0 spiro atoms. The highest BCUT2D eigenvalue weighted by molar-refractivity contribution is 5.46. The number of hydrogen-bond donors (Lipinski definition) is 0. The molecule has 14 heavy (non-hydrogen) atoms. The molecular weight excluding hydrogens is 168 g/mol. The van der Waals surface area contributed by atoms with Crippen LogP contribution in [0.5, 0.6) is 0 Å². The quantitative estimate of drug-likeness (QED) is 0.534. The summed E-state index contributed by atoms with van der Waals surface area (Å²) in [6, 6.07) is 0. The van der Waals surface area contributed by atoms with E-state index >= 15 is 0 Å². The zero-order valence-corrected chi connectivity index (χ0v) is 10.7. The smallest absolute Gasteiger partial charge is 0.0561 e. The molecule has 0 amide bonds. The summed E-state index contributed by atoms with van der Waals surface area (Å²) < 4.78 is 0. The van der Waals surface area contributed by atoms with Crippen LogP contribution in [0.1, 0.15) is 48.5 Å². The van der Waals surface area contributed by atoms with Gasteiger partial charge in [0.25, 0.3) is 0 Å². The van der Waals surface area contributed by atoms with E-state index in [1.165, 1.54) is 17.1 Å². The second kappa shape index (κ2) is 3.18. The summed E-state index contributed by atoms with van der Waals surface area (Å²) in [4.78, 5) is 0. The topological polar surface area (TPSA) is 0 Å². The maximum atomic E-state index is 2.43. The van der Waals surface area contributed by atoms with Crippen molar-refractivity contribution < 1.29 is 0 Å². The molecule has 0 aromatic heterocycles. The van der Waals surface area contributed by atoms with Gasteiger partial charge in [0.1, 0.15) is 5.41 Å². The van der Waals surface area contributed by atoms with Crippen LogP contribution in [0.2, 0.25) is 0 Å². The molecule has 1 atom stereocenters. The lowest BCUT2D eigenvalue weighted by molar-refractivity contribution is 0.503. The lowest BCUT2D eigenvalue weighted by Crippen LogP contribution is -2.15. The molecule has 0 radical (unpaired) electrons. The zero-order chi connectivity index (χ0) is 11.1. The SMILES string of the molecule is CC1=CC(C)([C+](C)C)C=C1C(C)(C)C. The van der Waals surface area contributed by atoms with Gasteiger partial charge in [0.2, 0.25) is 0 Å². The van der Waals surface area contributed by atoms with Crippen LogP contribution in [0.25, 0.3) is 0 Å². The summed E-state index contributed by atoms with van der Waals surface area (Å²) >= 11 is 0. The molecule has 0 heteroatoms. The van der Waals surface area contributed by atoms with E-state index in [-0.39, 0.29) is 10.8 Å².